The van der Waals surface area contributed by atoms with Gasteiger partial charge in [-0.3, -0.25) is 9.20 Å². The molecule has 1 unspecified atom stereocenters. The molecular weight excluding hydrogens is 296 g/mol. The highest BCUT2D eigenvalue weighted by Gasteiger charge is 2.19. The minimum atomic E-state index is -0.754. The molecule has 0 bridgehead atoms. The number of hydrogen-bond donors (Lipinski definition) is 1. The molecule has 1 aromatic carbocycles. The lowest BCUT2D eigenvalue weighted by Gasteiger charge is -2.12. The Kier molecular flexibility index (Phi) is 3.30. The molecule has 0 amide bonds. The van der Waals surface area contributed by atoms with E-state index < -0.39 is 23.2 Å². The van der Waals surface area contributed by atoms with E-state index in [1.54, 1.807) is 18.5 Å². The van der Waals surface area contributed by atoms with Gasteiger partial charge in [0, 0.05) is 23.7 Å². The molecule has 108 valence electrons. The summed E-state index contributed by atoms with van der Waals surface area (Å²) in [6.07, 6.45) is 1.57. The minimum absolute atomic E-state index is 0.124. The number of thiazole rings is 1. The van der Waals surface area contributed by atoms with E-state index in [0.717, 1.165) is 18.2 Å². The van der Waals surface area contributed by atoms with Gasteiger partial charge in [-0.15, -0.1) is 11.3 Å². The zero-order chi connectivity index (χ0) is 15.1. The lowest BCUT2D eigenvalue weighted by atomic mass is 10.0. The van der Waals surface area contributed by atoms with Crippen molar-refractivity contribution >= 4 is 16.3 Å². The van der Waals surface area contributed by atoms with E-state index in [9.17, 15) is 13.6 Å². The Morgan fingerprint density at radius 3 is 2.57 bits per heavy atom. The summed E-state index contributed by atoms with van der Waals surface area (Å²) in [4.78, 5) is 17.4. The predicted octanol–water partition coefficient (Wildman–Crippen LogP) is 2.72. The number of rotatable bonds is 2. The van der Waals surface area contributed by atoms with Crippen molar-refractivity contribution in [2.45, 2.75) is 13.0 Å². The van der Waals surface area contributed by atoms with Crippen molar-refractivity contribution in [1.82, 2.24) is 9.38 Å². The van der Waals surface area contributed by atoms with Crippen LogP contribution in [0, 0.1) is 11.6 Å². The van der Waals surface area contributed by atoms with Crippen LogP contribution in [0.15, 0.2) is 34.6 Å². The SMILES string of the molecule is CC(N)c1nc2sccn2c(=O)c1-c1cc(F)cc(F)c1. The Morgan fingerprint density at radius 1 is 1.29 bits per heavy atom. The van der Waals surface area contributed by atoms with Crippen LogP contribution in [-0.4, -0.2) is 9.38 Å². The van der Waals surface area contributed by atoms with Crippen LogP contribution < -0.4 is 11.3 Å². The van der Waals surface area contributed by atoms with Crippen molar-refractivity contribution in [3.05, 3.63) is 57.5 Å². The lowest BCUT2D eigenvalue weighted by Crippen LogP contribution is -2.21. The number of fused-ring (bicyclic) bond motifs is 1. The van der Waals surface area contributed by atoms with E-state index in [4.69, 9.17) is 5.73 Å². The van der Waals surface area contributed by atoms with Gasteiger partial charge in [-0.25, -0.2) is 13.8 Å². The highest BCUT2D eigenvalue weighted by Crippen LogP contribution is 2.25. The van der Waals surface area contributed by atoms with Gasteiger partial charge >= 0.3 is 0 Å². The molecule has 2 aromatic heterocycles. The third kappa shape index (κ3) is 2.34. The second kappa shape index (κ2) is 5.01. The van der Waals surface area contributed by atoms with E-state index in [1.807, 2.05) is 0 Å². The molecule has 3 rings (SSSR count). The summed E-state index contributed by atoms with van der Waals surface area (Å²) >= 11 is 1.29. The number of nitrogens with two attached hydrogens (primary N) is 1. The molecule has 2 N–H and O–H groups in total. The largest absolute Gasteiger partial charge is 0.323 e. The van der Waals surface area contributed by atoms with Gasteiger partial charge in [-0.05, 0) is 24.6 Å². The lowest BCUT2D eigenvalue weighted by molar-refractivity contribution is 0.584. The maximum absolute atomic E-state index is 13.4. The number of nitrogens with zero attached hydrogens (tertiary/aromatic N) is 2. The Bertz CT molecular complexity index is 865. The fourth-order valence-electron chi connectivity index (χ4n) is 2.20. The first kappa shape index (κ1) is 13.8. The fraction of sp³-hybridized carbons (Fsp3) is 0.143. The molecular formula is C14H11F2N3OS. The highest BCUT2D eigenvalue weighted by molar-refractivity contribution is 7.15. The molecule has 0 saturated heterocycles. The van der Waals surface area contributed by atoms with E-state index >= 15 is 0 Å². The summed E-state index contributed by atoms with van der Waals surface area (Å²) < 4.78 is 28.2. The predicted molar refractivity (Wildman–Crippen MR) is 77.3 cm³/mol. The smallest absolute Gasteiger partial charge is 0.266 e. The average Bonchev–Trinajstić information content (AvgIpc) is 2.85. The zero-order valence-electron chi connectivity index (χ0n) is 11.0. The topological polar surface area (TPSA) is 60.4 Å². The third-order valence-electron chi connectivity index (χ3n) is 3.08. The second-order valence-corrected chi connectivity index (χ2v) is 5.55. The standard InChI is InChI=1S/C14H11F2N3OS/c1-7(17)12-11(8-4-9(15)6-10(16)5-8)13(20)19-2-3-21-14(19)18-12/h2-7H,17H2,1H3. The summed E-state index contributed by atoms with van der Waals surface area (Å²) in [5.41, 5.74) is 6.06. The van der Waals surface area contributed by atoms with E-state index in [1.165, 1.54) is 15.7 Å². The molecule has 21 heavy (non-hydrogen) atoms. The second-order valence-electron chi connectivity index (χ2n) is 4.68. The number of hydrogen-bond acceptors (Lipinski definition) is 4. The molecule has 0 aliphatic carbocycles. The van der Waals surface area contributed by atoms with Crippen LogP contribution in [-0.2, 0) is 0 Å². The first-order valence-electron chi connectivity index (χ1n) is 6.19. The maximum atomic E-state index is 13.4. The number of aromatic nitrogens is 2. The Balaban J connectivity index is 2.41. The average molecular weight is 307 g/mol. The van der Waals surface area contributed by atoms with Crippen molar-refractivity contribution in [2.24, 2.45) is 5.73 Å². The molecule has 0 radical (unpaired) electrons. The van der Waals surface area contributed by atoms with Gasteiger partial charge < -0.3 is 5.73 Å². The van der Waals surface area contributed by atoms with Crippen LogP contribution in [0.3, 0.4) is 0 Å². The first-order valence-corrected chi connectivity index (χ1v) is 7.07. The van der Waals surface area contributed by atoms with Gasteiger partial charge in [-0.1, -0.05) is 0 Å². The van der Waals surface area contributed by atoms with Crippen LogP contribution >= 0.6 is 11.3 Å². The van der Waals surface area contributed by atoms with Crippen LogP contribution in [0.4, 0.5) is 8.78 Å². The van der Waals surface area contributed by atoms with Crippen LogP contribution in [0.5, 0.6) is 0 Å². The highest BCUT2D eigenvalue weighted by atomic mass is 32.1. The minimum Gasteiger partial charge on any atom is -0.323 e. The Morgan fingerprint density at radius 2 is 1.95 bits per heavy atom. The molecule has 7 heteroatoms. The number of benzene rings is 1. The summed E-state index contributed by atoms with van der Waals surface area (Å²) in [5, 5.41) is 1.71. The monoisotopic (exact) mass is 307 g/mol. The molecule has 4 nitrogen and oxygen atoms in total. The zero-order valence-corrected chi connectivity index (χ0v) is 11.8. The van der Waals surface area contributed by atoms with Crippen LogP contribution in [0.25, 0.3) is 16.1 Å². The van der Waals surface area contributed by atoms with Gasteiger partial charge in [0.15, 0.2) is 4.96 Å². The summed E-state index contributed by atoms with van der Waals surface area (Å²) in [5.74, 6) is -1.51. The van der Waals surface area contributed by atoms with Gasteiger partial charge in [0.2, 0.25) is 0 Å². The van der Waals surface area contributed by atoms with Gasteiger partial charge in [0.1, 0.15) is 11.6 Å². The first-order chi connectivity index (χ1) is 9.97. The van der Waals surface area contributed by atoms with Gasteiger partial charge in [0.25, 0.3) is 5.56 Å². The summed E-state index contributed by atoms with van der Waals surface area (Å²) in [7, 11) is 0. The maximum Gasteiger partial charge on any atom is 0.266 e. The molecule has 0 saturated carbocycles. The molecule has 3 aromatic rings. The van der Waals surface area contributed by atoms with E-state index in [0.29, 0.717) is 10.7 Å². The van der Waals surface area contributed by atoms with Crippen molar-refractivity contribution in [3.63, 3.8) is 0 Å². The fourth-order valence-corrected chi connectivity index (χ4v) is 2.91. The third-order valence-corrected chi connectivity index (χ3v) is 3.83. The normalized spacial score (nSPS) is 12.8. The van der Waals surface area contributed by atoms with E-state index in [2.05, 4.69) is 4.98 Å². The van der Waals surface area contributed by atoms with Crippen molar-refractivity contribution < 1.29 is 8.78 Å². The van der Waals surface area contributed by atoms with Gasteiger partial charge in [0.05, 0.1) is 11.3 Å². The molecule has 0 spiro atoms. The summed E-state index contributed by atoms with van der Waals surface area (Å²) in [6.45, 7) is 1.67. The van der Waals surface area contributed by atoms with Crippen LogP contribution in [0.1, 0.15) is 18.7 Å². The molecule has 2 heterocycles. The molecule has 0 aliphatic rings. The quantitative estimate of drug-likeness (QED) is 0.792. The number of halogens is 2. The van der Waals surface area contributed by atoms with Crippen molar-refractivity contribution in [2.75, 3.05) is 0 Å². The molecule has 0 aliphatic heterocycles. The van der Waals surface area contributed by atoms with E-state index in [-0.39, 0.29) is 11.1 Å². The molecule has 0 fully saturated rings. The Hall–Kier alpha value is -2.12. The summed E-state index contributed by atoms with van der Waals surface area (Å²) in [6, 6.07) is 2.42. The van der Waals surface area contributed by atoms with Crippen LogP contribution in [0.2, 0.25) is 0 Å². The van der Waals surface area contributed by atoms with Gasteiger partial charge in [-0.2, -0.15) is 0 Å². The van der Waals surface area contributed by atoms with Crippen molar-refractivity contribution in [3.8, 4) is 11.1 Å². The Labute approximate surface area is 122 Å². The van der Waals surface area contributed by atoms with Crippen molar-refractivity contribution in [1.29, 1.82) is 0 Å². The molecule has 1 atom stereocenters.